The first-order chi connectivity index (χ1) is 7.16. The van der Waals surface area contributed by atoms with E-state index in [1.165, 1.54) is 0 Å². The van der Waals surface area contributed by atoms with Crippen LogP contribution in [0.4, 0.5) is 0 Å². The van der Waals surface area contributed by atoms with Crippen molar-refractivity contribution in [2.45, 2.75) is 11.0 Å². The summed E-state index contributed by atoms with van der Waals surface area (Å²) in [7, 11) is 0. The summed E-state index contributed by atoms with van der Waals surface area (Å²) in [6.07, 6.45) is -0.104. The maximum Gasteiger partial charge on any atom is 0.339 e. The Morgan fingerprint density at radius 3 is 2.87 bits per heavy atom. The molecule has 1 aliphatic rings. The molecule has 0 spiro atoms. The number of carbonyl (C=O) groups is 1. The van der Waals surface area contributed by atoms with E-state index in [-0.39, 0.29) is 12.1 Å². The largest absolute Gasteiger partial charge is 0.454 e. The number of ether oxygens (including phenoxy) is 2. The summed E-state index contributed by atoms with van der Waals surface area (Å²) in [4.78, 5) is 12.4. The molecule has 0 saturated carbocycles. The van der Waals surface area contributed by atoms with Crippen LogP contribution in [0.2, 0.25) is 0 Å². The van der Waals surface area contributed by atoms with E-state index in [0.717, 1.165) is 4.90 Å². The Kier molecular flexibility index (Phi) is 3.33. The van der Waals surface area contributed by atoms with Gasteiger partial charge in [-0.1, -0.05) is 0 Å². The van der Waals surface area contributed by atoms with Crippen LogP contribution in [0.1, 0.15) is 10.4 Å². The number of rotatable bonds is 2. The Bertz CT molecular complexity index is 390. The average Bonchev–Trinajstić information content (AvgIpc) is 2.15. The topological polar surface area (TPSA) is 35.5 Å². The van der Waals surface area contributed by atoms with Crippen molar-refractivity contribution in [2.24, 2.45) is 0 Å². The van der Waals surface area contributed by atoms with E-state index >= 15 is 0 Å². The summed E-state index contributed by atoms with van der Waals surface area (Å²) in [6, 6.07) is 5.25. The lowest BCUT2D eigenvalue weighted by Crippen LogP contribution is -2.37. The van der Waals surface area contributed by atoms with E-state index in [9.17, 15) is 4.79 Å². The van der Waals surface area contributed by atoms with Crippen molar-refractivity contribution in [2.75, 3.05) is 13.2 Å². The Morgan fingerprint density at radius 2 is 2.27 bits per heavy atom. The third-order valence-corrected chi connectivity index (χ3v) is 3.02. The minimum absolute atomic E-state index is 0.104. The molecule has 0 radical (unpaired) electrons. The molecule has 15 heavy (non-hydrogen) atoms. The van der Waals surface area contributed by atoms with Gasteiger partial charge in [0.2, 0.25) is 0 Å². The zero-order valence-electron chi connectivity index (χ0n) is 7.77. The zero-order chi connectivity index (χ0) is 10.8. The molecule has 1 saturated heterocycles. The number of benzene rings is 1. The van der Waals surface area contributed by atoms with Crippen LogP contribution in [0.25, 0.3) is 0 Å². The van der Waals surface area contributed by atoms with Gasteiger partial charge in [0.15, 0.2) is 0 Å². The molecule has 1 aromatic rings. The first kappa shape index (κ1) is 11.0. The Balaban J connectivity index is 2.12. The molecule has 0 bridgehead atoms. The Labute approximate surface area is 101 Å². The van der Waals surface area contributed by atoms with Crippen LogP contribution in [0, 0.1) is 0 Å². The quantitative estimate of drug-likeness (QED) is 0.670. The molecule has 0 aromatic heterocycles. The predicted molar refractivity (Wildman–Crippen MR) is 61.4 cm³/mol. The molecule has 1 fully saturated rings. The van der Waals surface area contributed by atoms with Gasteiger partial charge in [-0.15, -0.1) is 12.6 Å². The first-order valence-corrected chi connectivity index (χ1v) is 5.68. The first-order valence-electron chi connectivity index (χ1n) is 4.44. The smallest absolute Gasteiger partial charge is 0.339 e. The van der Waals surface area contributed by atoms with Crippen LogP contribution < -0.4 is 0 Å². The minimum Gasteiger partial charge on any atom is -0.454 e. The summed E-state index contributed by atoms with van der Waals surface area (Å²) in [5.41, 5.74) is 0.495. The van der Waals surface area contributed by atoms with Crippen molar-refractivity contribution in [1.82, 2.24) is 0 Å². The molecule has 1 aromatic carbocycles. The van der Waals surface area contributed by atoms with E-state index < -0.39 is 0 Å². The maximum absolute atomic E-state index is 11.7. The maximum atomic E-state index is 11.7. The number of halogens is 1. The third-order valence-electron chi connectivity index (χ3n) is 2.05. The molecule has 2 rings (SSSR count). The van der Waals surface area contributed by atoms with Crippen molar-refractivity contribution in [3.63, 3.8) is 0 Å². The average molecular weight is 289 g/mol. The molecular formula is C10H9BrO3S. The van der Waals surface area contributed by atoms with Gasteiger partial charge in [-0.3, -0.25) is 0 Å². The summed E-state index contributed by atoms with van der Waals surface area (Å²) < 4.78 is 10.8. The fourth-order valence-corrected chi connectivity index (χ4v) is 1.78. The molecule has 0 atom stereocenters. The lowest BCUT2D eigenvalue weighted by atomic mass is 10.2. The van der Waals surface area contributed by atoms with Crippen LogP contribution in [-0.4, -0.2) is 25.3 Å². The molecule has 3 nitrogen and oxygen atoms in total. The van der Waals surface area contributed by atoms with Gasteiger partial charge in [-0.05, 0) is 34.1 Å². The van der Waals surface area contributed by atoms with Crippen LogP contribution >= 0.6 is 28.6 Å². The highest BCUT2D eigenvalue weighted by atomic mass is 79.9. The molecule has 0 N–H and O–H groups in total. The fourth-order valence-electron chi connectivity index (χ4n) is 1.17. The molecule has 0 amide bonds. The highest BCUT2D eigenvalue weighted by Gasteiger charge is 2.24. The van der Waals surface area contributed by atoms with E-state index in [1.807, 2.05) is 0 Å². The summed E-state index contributed by atoms with van der Waals surface area (Å²) in [5, 5.41) is 0. The molecular weight excluding hydrogens is 280 g/mol. The van der Waals surface area contributed by atoms with Gasteiger partial charge in [-0.25, -0.2) is 4.79 Å². The molecule has 0 aliphatic carbocycles. The van der Waals surface area contributed by atoms with Gasteiger partial charge in [0.25, 0.3) is 0 Å². The van der Waals surface area contributed by atoms with Crippen LogP contribution in [0.5, 0.6) is 0 Å². The van der Waals surface area contributed by atoms with Gasteiger partial charge in [-0.2, -0.15) is 0 Å². The van der Waals surface area contributed by atoms with Gasteiger partial charge in [0.1, 0.15) is 6.10 Å². The SMILES string of the molecule is O=C(OC1COC1)c1cc(S)ccc1Br. The summed E-state index contributed by atoms with van der Waals surface area (Å²) in [6.45, 7) is 0.980. The van der Waals surface area contributed by atoms with Crippen LogP contribution in [0.15, 0.2) is 27.6 Å². The standard InChI is InChI=1S/C10H9BrO3S/c11-9-2-1-7(15)3-8(9)10(12)14-6-4-13-5-6/h1-3,6,15H,4-5H2. The predicted octanol–water partition coefficient (Wildman–Crippen LogP) is 2.29. The molecule has 0 unspecified atom stereocenters. The van der Waals surface area contributed by atoms with E-state index in [0.29, 0.717) is 23.2 Å². The second kappa shape index (κ2) is 4.55. The summed E-state index contributed by atoms with van der Waals surface area (Å²) in [5.74, 6) is -0.342. The monoisotopic (exact) mass is 288 g/mol. The zero-order valence-corrected chi connectivity index (χ0v) is 10.3. The molecule has 80 valence electrons. The van der Waals surface area contributed by atoms with Crippen LogP contribution in [0.3, 0.4) is 0 Å². The van der Waals surface area contributed by atoms with Gasteiger partial charge < -0.3 is 9.47 Å². The van der Waals surface area contributed by atoms with Crippen LogP contribution in [-0.2, 0) is 9.47 Å². The highest BCUT2D eigenvalue weighted by molar-refractivity contribution is 9.10. The fraction of sp³-hybridized carbons (Fsp3) is 0.300. The molecule has 1 heterocycles. The van der Waals surface area contributed by atoms with Gasteiger partial charge in [0, 0.05) is 9.37 Å². The van der Waals surface area contributed by atoms with Crippen molar-refractivity contribution in [3.05, 3.63) is 28.2 Å². The highest BCUT2D eigenvalue weighted by Crippen LogP contribution is 2.22. The number of hydrogen-bond acceptors (Lipinski definition) is 4. The van der Waals surface area contributed by atoms with Crippen molar-refractivity contribution < 1.29 is 14.3 Å². The van der Waals surface area contributed by atoms with Gasteiger partial charge in [0.05, 0.1) is 18.8 Å². The van der Waals surface area contributed by atoms with Crippen molar-refractivity contribution in [1.29, 1.82) is 0 Å². The van der Waals surface area contributed by atoms with Gasteiger partial charge >= 0.3 is 5.97 Å². The van der Waals surface area contributed by atoms with Crippen molar-refractivity contribution >= 4 is 34.5 Å². The Hall–Kier alpha value is -0.520. The van der Waals surface area contributed by atoms with E-state index in [2.05, 4.69) is 28.6 Å². The van der Waals surface area contributed by atoms with E-state index in [4.69, 9.17) is 9.47 Å². The number of thiol groups is 1. The third kappa shape index (κ3) is 2.53. The number of carbonyl (C=O) groups excluding carboxylic acids is 1. The lowest BCUT2D eigenvalue weighted by Gasteiger charge is -2.25. The number of hydrogen-bond donors (Lipinski definition) is 1. The van der Waals surface area contributed by atoms with E-state index in [1.54, 1.807) is 18.2 Å². The molecule has 1 aliphatic heterocycles. The second-order valence-corrected chi connectivity index (χ2v) is 4.60. The Morgan fingerprint density at radius 1 is 1.53 bits per heavy atom. The summed E-state index contributed by atoms with van der Waals surface area (Å²) >= 11 is 7.47. The normalized spacial score (nSPS) is 15.9. The number of esters is 1. The lowest BCUT2D eigenvalue weighted by molar-refractivity contribution is -0.103. The second-order valence-electron chi connectivity index (χ2n) is 3.23. The van der Waals surface area contributed by atoms with Crippen molar-refractivity contribution in [3.8, 4) is 0 Å². The minimum atomic E-state index is -0.342. The molecule has 5 heteroatoms.